The molecule has 2 aromatic carbocycles. The molecule has 3 rings (SSSR count). The number of nitrogens with zero attached hydrogens (tertiary/aromatic N) is 2. The normalized spacial score (nSPS) is 11.7. The summed E-state index contributed by atoms with van der Waals surface area (Å²) < 4.78 is 50.0. The van der Waals surface area contributed by atoms with E-state index in [1.54, 1.807) is 4.68 Å². The maximum absolute atomic E-state index is 12.6. The molecule has 0 amide bonds. The van der Waals surface area contributed by atoms with Crippen LogP contribution in [0.15, 0.2) is 59.5 Å². The number of sulfone groups is 1. The van der Waals surface area contributed by atoms with Gasteiger partial charge in [0.25, 0.3) is 0 Å². The van der Waals surface area contributed by atoms with Gasteiger partial charge in [-0.2, -0.15) is 13.9 Å². The third kappa shape index (κ3) is 3.32. The van der Waals surface area contributed by atoms with E-state index < -0.39 is 20.5 Å². The number of rotatable bonds is 5. The van der Waals surface area contributed by atoms with Crippen LogP contribution < -0.4 is 5.32 Å². The average Bonchev–Trinajstić information content (AvgIpc) is 2.91. The van der Waals surface area contributed by atoms with Gasteiger partial charge in [-0.3, -0.25) is 0 Å². The minimum absolute atomic E-state index is 0.411. The van der Waals surface area contributed by atoms with Gasteiger partial charge in [-0.15, -0.1) is 0 Å². The van der Waals surface area contributed by atoms with Crippen LogP contribution in [-0.2, 0) is 9.84 Å². The van der Waals surface area contributed by atoms with Crippen LogP contribution in [0.3, 0.4) is 0 Å². The SMILES string of the molecule is Cc1nn(-c2ccccc2)c(C)c1Nc1ccc(S(=O)(=O)C(F)F)cc1. The van der Waals surface area contributed by atoms with E-state index in [2.05, 4.69) is 10.4 Å². The Balaban J connectivity index is 1.90. The second kappa shape index (κ2) is 6.87. The fraction of sp³-hybridized carbons (Fsp3) is 0.167. The Labute approximate surface area is 150 Å². The number of aryl methyl sites for hydroxylation is 1. The number of nitrogens with one attached hydrogen (secondary N) is 1. The average molecular weight is 377 g/mol. The quantitative estimate of drug-likeness (QED) is 0.723. The summed E-state index contributed by atoms with van der Waals surface area (Å²) in [5.74, 6) is -3.44. The van der Waals surface area contributed by atoms with Crippen molar-refractivity contribution in [3.05, 3.63) is 66.0 Å². The zero-order chi connectivity index (χ0) is 18.9. The van der Waals surface area contributed by atoms with Gasteiger partial charge >= 0.3 is 5.76 Å². The summed E-state index contributed by atoms with van der Waals surface area (Å²) in [5, 5.41) is 7.69. The first-order chi connectivity index (χ1) is 12.3. The lowest BCUT2D eigenvalue weighted by atomic mass is 10.2. The van der Waals surface area contributed by atoms with Crippen molar-refractivity contribution in [2.24, 2.45) is 0 Å². The van der Waals surface area contributed by atoms with Crippen molar-refractivity contribution in [3.63, 3.8) is 0 Å². The maximum atomic E-state index is 12.6. The zero-order valence-electron chi connectivity index (χ0n) is 14.1. The van der Waals surface area contributed by atoms with Gasteiger partial charge in [0.2, 0.25) is 9.84 Å². The van der Waals surface area contributed by atoms with Crippen LogP contribution in [0.2, 0.25) is 0 Å². The van der Waals surface area contributed by atoms with Gasteiger partial charge in [0.05, 0.1) is 27.7 Å². The molecule has 0 fully saturated rings. The van der Waals surface area contributed by atoms with Gasteiger partial charge in [-0.25, -0.2) is 13.1 Å². The number of alkyl halides is 2. The molecule has 0 atom stereocenters. The van der Waals surface area contributed by atoms with E-state index in [9.17, 15) is 17.2 Å². The first-order valence-electron chi connectivity index (χ1n) is 7.81. The van der Waals surface area contributed by atoms with E-state index in [0.29, 0.717) is 5.69 Å². The second-order valence-corrected chi connectivity index (χ2v) is 7.67. The minimum atomic E-state index is -4.59. The van der Waals surface area contributed by atoms with Gasteiger partial charge in [-0.05, 0) is 50.2 Å². The predicted octanol–water partition coefficient (Wildman–Crippen LogP) is 4.23. The number of halogens is 2. The van der Waals surface area contributed by atoms with E-state index in [-0.39, 0.29) is 0 Å². The first-order valence-corrected chi connectivity index (χ1v) is 9.36. The molecule has 0 saturated heterocycles. The van der Waals surface area contributed by atoms with Crippen LogP contribution in [0.1, 0.15) is 11.4 Å². The summed E-state index contributed by atoms with van der Waals surface area (Å²) in [6, 6.07) is 14.9. The van der Waals surface area contributed by atoms with Gasteiger partial charge < -0.3 is 5.32 Å². The highest BCUT2D eigenvalue weighted by atomic mass is 32.2. The van der Waals surface area contributed by atoms with Crippen molar-refractivity contribution in [3.8, 4) is 5.69 Å². The third-order valence-electron chi connectivity index (χ3n) is 3.98. The van der Waals surface area contributed by atoms with Crippen LogP contribution in [0.25, 0.3) is 5.69 Å². The Hall–Kier alpha value is -2.74. The maximum Gasteiger partial charge on any atom is 0.341 e. The molecule has 0 aliphatic heterocycles. The number of hydrogen-bond acceptors (Lipinski definition) is 4. The molecule has 26 heavy (non-hydrogen) atoms. The first kappa shape index (κ1) is 18.1. The van der Waals surface area contributed by atoms with Crippen LogP contribution in [0.5, 0.6) is 0 Å². The van der Waals surface area contributed by atoms with Gasteiger partial charge in [-0.1, -0.05) is 18.2 Å². The molecule has 1 heterocycles. The molecule has 5 nitrogen and oxygen atoms in total. The largest absolute Gasteiger partial charge is 0.353 e. The van der Waals surface area contributed by atoms with Gasteiger partial charge in [0.15, 0.2) is 0 Å². The topological polar surface area (TPSA) is 64.0 Å². The highest BCUT2D eigenvalue weighted by Crippen LogP contribution is 2.27. The Morgan fingerprint density at radius 3 is 2.19 bits per heavy atom. The Bertz CT molecular complexity index is 1010. The van der Waals surface area contributed by atoms with Gasteiger partial charge in [0.1, 0.15) is 0 Å². The zero-order valence-corrected chi connectivity index (χ0v) is 15.0. The summed E-state index contributed by atoms with van der Waals surface area (Å²) in [6.07, 6.45) is 0. The Morgan fingerprint density at radius 2 is 1.62 bits per heavy atom. The molecule has 1 N–H and O–H groups in total. The molecule has 8 heteroatoms. The molecule has 0 aliphatic rings. The van der Waals surface area contributed by atoms with Crippen molar-refractivity contribution < 1.29 is 17.2 Å². The molecular weight excluding hydrogens is 360 g/mol. The van der Waals surface area contributed by atoms with E-state index in [1.807, 2.05) is 44.2 Å². The van der Waals surface area contributed by atoms with Crippen LogP contribution in [-0.4, -0.2) is 24.0 Å². The predicted molar refractivity (Wildman–Crippen MR) is 96.0 cm³/mol. The van der Waals surface area contributed by atoms with Crippen molar-refractivity contribution >= 4 is 21.2 Å². The number of anilines is 2. The van der Waals surface area contributed by atoms with Crippen LogP contribution in [0.4, 0.5) is 20.2 Å². The minimum Gasteiger partial charge on any atom is -0.353 e. The summed E-state index contributed by atoms with van der Waals surface area (Å²) in [4.78, 5) is -0.411. The molecule has 136 valence electrons. The summed E-state index contributed by atoms with van der Waals surface area (Å²) in [5.41, 5.74) is 3.91. The van der Waals surface area contributed by atoms with E-state index in [1.165, 1.54) is 12.1 Å². The van der Waals surface area contributed by atoms with E-state index >= 15 is 0 Å². The summed E-state index contributed by atoms with van der Waals surface area (Å²) in [7, 11) is -4.59. The van der Waals surface area contributed by atoms with Crippen molar-refractivity contribution in [2.75, 3.05) is 5.32 Å². The molecule has 0 aliphatic carbocycles. The van der Waals surface area contributed by atoms with Crippen molar-refractivity contribution in [1.82, 2.24) is 9.78 Å². The van der Waals surface area contributed by atoms with Gasteiger partial charge in [0, 0.05) is 5.69 Å². The summed E-state index contributed by atoms with van der Waals surface area (Å²) in [6.45, 7) is 3.76. The number of aromatic nitrogens is 2. The molecule has 0 saturated carbocycles. The van der Waals surface area contributed by atoms with Crippen molar-refractivity contribution in [2.45, 2.75) is 24.5 Å². The highest BCUT2D eigenvalue weighted by molar-refractivity contribution is 7.91. The second-order valence-electron chi connectivity index (χ2n) is 5.75. The smallest absolute Gasteiger partial charge is 0.341 e. The lowest BCUT2D eigenvalue weighted by Crippen LogP contribution is -2.11. The van der Waals surface area contributed by atoms with Crippen molar-refractivity contribution in [1.29, 1.82) is 0 Å². The Morgan fingerprint density at radius 1 is 1.00 bits per heavy atom. The van der Waals surface area contributed by atoms with E-state index in [4.69, 9.17) is 0 Å². The van der Waals surface area contributed by atoms with Crippen LogP contribution >= 0.6 is 0 Å². The number of hydrogen-bond donors (Lipinski definition) is 1. The molecule has 3 aromatic rings. The monoisotopic (exact) mass is 377 g/mol. The summed E-state index contributed by atoms with van der Waals surface area (Å²) >= 11 is 0. The highest BCUT2D eigenvalue weighted by Gasteiger charge is 2.26. The standard InChI is InChI=1S/C18H17F2N3O2S/c1-12-17(13(2)23(22-12)15-6-4-3-5-7-15)21-14-8-10-16(11-9-14)26(24,25)18(19)20/h3-11,18,21H,1-2H3. The molecule has 0 spiro atoms. The molecule has 0 radical (unpaired) electrons. The lowest BCUT2D eigenvalue weighted by molar-refractivity contribution is 0.234. The fourth-order valence-corrected chi connectivity index (χ4v) is 3.34. The molecule has 0 bridgehead atoms. The number of benzene rings is 2. The lowest BCUT2D eigenvalue weighted by Gasteiger charge is -2.09. The number of para-hydroxylation sites is 1. The molecular formula is C18H17F2N3O2S. The molecule has 0 unspecified atom stereocenters. The third-order valence-corrected chi connectivity index (χ3v) is 5.38. The fourth-order valence-electron chi connectivity index (χ4n) is 2.62. The van der Waals surface area contributed by atoms with Crippen LogP contribution in [0, 0.1) is 13.8 Å². The van der Waals surface area contributed by atoms with E-state index in [0.717, 1.165) is 34.9 Å². The molecule has 1 aromatic heterocycles. The Kier molecular flexibility index (Phi) is 4.78.